The Morgan fingerprint density at radius 1 is 1.18 bits per heavy atom. The van der Waals surface area contributed by atoms with E-state index < -0.39 is 0 Å². The number of ether oxygens (including phenoxy) is 2. The molecule has 0 bridgehead atoms. The van der Waals surface area contributed by atoms with Crippen LogP contribution in [0.1, 0.15) is 46.5 Å². The number of hydrogen-bond donors (Lipinski definition) is 2. The Hall–Kier alpha value is -1.10. The second-order valence-corrected chi connectivity index (χ2v) is 9.45. The third-order valence-corrected chi connectivity index (χ3v) is 7.85. The van der Waals surface area contributed by atoms with Crippen LogP contribution in [-0.4, -0.2) is 43.6 Å². The van der Waals surface area contributed by atoms with Crippen LogP contribution in [0.25, 0.3) is 0 Å². The van der Waals surface area contributed by atoms with Crippen LogP contribution in [-0.2, 0) is 9.47 Å². The molecule has 4 aliphatic rings. The van der Waals surface area contributed by atoms with Crippen LogP contribution < -0.4 is 5.32 Å². The highest BCUT2D eigenvalue weighted by atomic mass is 16.5. The summed E-state index contributed by atoms with van der Waals surface area (Å²) in [5.41, 5.74) is 2.78. The highest BCUT2D eigenvalue weighted by Gasteiger charge is 2.49. The van der Waals surface area contributed by atoms with Crippen LogP contribution in [0.4, 0.5) is 0 Å². The van der Waals surface area contributed by atoms with Gasteiger partial charge in [0.05, 0.1) is 25.1 Å². The summed E-state index contributed by atoms with van der Waals surface area (Å²) in [6.45, 7) is 6.76. The van der Waals surface area contributed by atoms with E-state index in [0.717, 1.165) is 31.4 Å². The van der Waals surface area contributed by atoms with Gasteiger partial charge in [0, 0.05) is 25.1 Å². The lowest BCUT2D eigenvalue weighted by Crippen LogP contribution is -2.51. The van der Waals surface area contributed by atoms with E-state index in [4.69, 9.17) is 9.47 Å². The van der Waals surface area contributed by atoms with Gasteiger partial charge in [-0.05, 0) is 74.9 Å². The van der Waals surface area contributed by atoms with Crippen LogP contribution in [0.3, 0.4) is 0 Å². The van der Waals surface area contributed by atoms with E-state index in [1.807, 2.05) is 7.11 Å². The van der Waals surface area contributed by atoms with Crippen molar-refractivity contribution < 1.29 is 14.6 Å². The molecule has 0 aromatic rings. The van der Waals surface area contributed by atoms with Crippen LogP contribution in [0.15, 0.2) is 35.1 Å². The van der Waals surface area contributed by atoms with Crippen molar-refractivity contribution in [2.75, 3.05) is 14.2 Å². The summed E-state index contributed by atoms with van der Waals surface area (Å²) in [6, 6.07) is 0.774. The molecule has 28 heavy (non-hydrogen) atoms. The zero-order chi connectivity index (χ0) is 20.0. The number of fused-ring (bicyclic) bond motifs is 1. The molecule has 0 fully saturated rings. The van der Waals surface area contributed by atoms with E-state index >= 15 is 0 Å². The monoisotopic (exact) mass is 387 g/mol. The van der Waals surface area contributed by atoms with Crippen molar-refractivity contribution in [3.8, 4) is 0 Å². The van der Waals surface area contributed by atoms with Crippen molar-refractivity contribution in [1.82, 2.24) is 5.32 Å². The second-order valence-electron chi connectivity index (χ2n) is 9.45. The molecule has 2 N–H and O–H groups in total. The maximum atomic E-state index is 11.5. The van der Waals surface area contributed by atoms with Gasteiger partial charge in [0.25, 0.3) is 0 Å². The fraction of sp³-hybridized carbons (Fsp3) is 0.750. The molecule has 4 nitrogen and oxygen atoms in total. The van der Waals surface area contributed by atoms with Crippen LogP contribution >= 0.6 is 0 Å². The first-order valence-corrected chi connectivity index (χ1v) is 11.1. The molecule has 0 radical (unpaired) electrons. The Bertz CT molecular complexity index is 681. The lowest BCUT2D eigenvalue weighted by molar-refractivity contribution is -0.0312. The molecule has 156 valence electrons. The minimum Gasteiger partial charge on any atom is -0.501 e. The summed E-state index contributed by atoms with van der Waals surface area (Å²) < 4.78 is 11.7. The number of aliphatic hydroxyl groups is 1. The zero-order valence-corrected chi connectivity index (χ0v) is 18.0. The highest BCUT2D eigenvalue weighted by Crippen LogP contribution is 2.51. The number of methoxy groups -OCH3 is 2. The quantitative estimate of drug-likeness (QED) is 0.723. The topological polar surface area (TPSA) is 50.7 Å². The van der Waals surface area contributed by atoms with E-state index in [0.29, 0.717) is 23.8 Å². The summed E-state index contributed by atoms with van der Waals surface area (Å²) in [4.78, 5) is 0. The van der Waals surface area contributed by atoms with Crippen LogP contribution in [0.2, 0.25) is 0 Å². The third kappa shape index (κ3) is 3.28. The molecule has 3 aliphatic carbocycles. The Morgan fingerprint density at radius 2 is 1.96 bits per heavy atom. The lowest BCUT2D eigenvalue weighted by Gasteiger charge is -2.50. The SMILES string of the molecule is COC1=CC(C)C(C2CCC3=C(C(C)NC(C)C3)C2O)C2C=CCC(OC)C12. The number of hydrogen-bond acceptors (Lipinski definition) is 4. The Kier molecular flexibility index (Phi) is 5.74. The van der Waals surface area contributed by atoms with Gasteiger partial charge in [-0.3, -0.25) is 0 Å². The molecule has 0 saturated carbocycles. The Balaban J connectivity index is 1.68. The minimum absolute atomic E-state index is 0.155. The molecule has 0 spiro atoms. The molecule has 0 saturated heterocycles. The van der Waals surface area contributed by atoms with Gasteiger partial charge in [-0.15, -0.1) is 0 Å². The van der Waals surface area contributed by atoms with Crippen molar-refractivity contribution in [3.05, 3.63) is 35.1 Å². The lowest BCUT2D eigenvalue weighted by atomic mass is 9.58. The highest BCUT2D eigenvalue weighted by molar-refractivity contribution is 5.32. The largest absolute Gasteiger partial charge is 0.501 e. The van der Waals surface area contributed by atoms with Gasteiger partial charge in [-0.25, -0.2) is 0 Å². The predicted molar refractivity (Wildman–Crippen MR) is 112 cm³/mol. The van der Waals surface area contributed by atoms with Gasteiger partial charge in [-0.1, -0.05) is 24.6 Å². The average molecular weight is 388 g/mol. The predicted octanol–water partition coefficient (Wildman–Crippen LogP) is 3.83. The van der Waals surface area contributed by atoms with Crippen molar-refractivity contribution in [3.63, 3.8) is 0 Å². The standard InChI is InChI=1S/C24H37NO3/c1-13-11-20(28-5)23-17(7-6-8-19(23)27-4)21(13)18-10-9-16-12-14(2)25-15(3)22(16)24(18)26/h6-7,11,13-15,17-19,21,23-26H,8-10,12H2,1-5H3. The fourth-order valence-corrected chi connectivity index (χ4v) is 6.79. The van der Waals surface area contributed by atoms with E-state index in [-0.39, 0.29) is 30.1 Å². The molecule has 1 heterocycles. The molecule has 0 aromatic carbocycles. The van der Waals surface area contributed by atoms with Gasteiger partial charge < -0.3 is 19.9 Å². The summed E-state index contributed by atoms with van der Waals surface area (Å²) in [6.07, 6.45) is 11.0. The van der Waals surface area contributed by atoms with E-state index in [1.54, 1.807) is 7.11 Å². The van der Waals surface area contributed by atoms with E-state index in [9.17, 15) is 5.11 Å². The molecular formula is C24H37NO3. The summed E-state index contributed by atoms with van der Waals surface area (Å²) >= 11 is 0. The third-order valence-electron chi connectivity index (χ3n) is 7.85. The molecule has 4 rings (SSSR count). The number of nitrogens with one attached hydrogen (secondary N) is 1. The summed E-state index contributed by atoms with van der Waals surface area (Å²) in [7, 11) is 3.59. The smallest absolute Gasteiger partial charge is 0.0981 e. The van der Waals surface area contributed by atoms with Gasteiger partial charge >= 0.3 is 0 Å². The molecular weight excluding hydrogens is 350 g/mol. The molecule has 4 heteroatoms. The first kappa shape index (κ1) is 20.2. The van der Waals surface area contributed by atoms with Gasteiger partial charge in [-0.2, -0.15) is 0 Å². The van der Waals surface area contributed by atoms with Crippen molar-refractivity contribution in [2.45, 2.75) is 70.7 Å². The first-order chi connectivity index (χ1) is 13.5. The van der Waals surface area contributed by atoms with Crippen molar-refractivity contribution >= 4 is 0 Å². The number of allylic oxidation sites excluding steroid dienone is 2. The fourth-order valence-electron chi connectivity index (χ4n) is 6.79. The second kappa shape index (κ2) is 7.97. The summed E-state index contributed by atoms with van der Waals surface area (Å²) in [5, 5.41) is 15.2. The molecule has 9 atom stereocenters. The number of aliphatic hydroxyl groups excluding tert-OH is 1. The Labute approximate surface area is 170 Å². The van der Waals surface area contributed by atoms with Gasteiger partial charge in [0.1, 0.15) is 0 Å². The van der Waals surface area contributed by atoms with Crippen LogP contribution in [0, 0.1) is 29.6 Å². The molecule has 1 aliphatic heterocycles. The Morgan fingerprint density at radius 3 is 2.68 bits per heavy atom. The van der Waals surface area contributed by atoms with Gasteiger partial charge in [0.15, 0.2) is 0 Å². The minimum atomic E-state index is -0.347. The van der Waals surface area contributed by atoms with Crippen molar-refractivity contribution in [1.29, 1.82) is 0 Å². The molecule has 9 unspecified atom stereocenters. The molecule has 0 aromatic heterocycles. The van der Waals surface area contributed by atoms with Crippen molar-refractivity contribution in [2.24, 2.45) is 29.6 Å². The maximum Gasteiger partial charge on any atom is 0.0981 e. The first-order valence-electron chi connectivity index (χ1n) is 11.1. The maximum absolute atomic E-state index is 11.5. The van der Waals surface area contributed by atoms with E-state index in [2.05, 4.69) is 44.3 Å². The zero-order valence-electron chi connectivity index (χ0n) is 18.0. The van der Waals surface area contributed by atoms with Crippen LogP contribution in [0.5, 0.6) is 0 Å². The number of rotatable bonds is 3. The summed E-state index contributed by atoms with van der Waals surface area (Å²) in [5.74, 6) is 2.76. The van der Waals surface area contributed by atoms with Gasteiger partial charge in [0.2, 0.25) is 0 Å². The normalized spacial score (nSPS) is 45.9. The molecule has 0 amide bonds. The average Bonchev–Trinajstić information content (AvgIpc) is 2.67. The van der Waals surface area contributed by atoms with E-state index in [1.165, 1.54) is 11.1 Å².